The maximum Gasteiger partial charge on any atom is 0.117 e. The van der Waals surface area contributed by atoms with Gasteiger partial charge in [0, 0.05) is 23.0 Å². The zero-order chi connectivity index (χ0) is 13.4. The Bertz CT molecular complexity index is 746. The van der Waals surface area contributed by atoms with Crippen molar-refractivity contribution in [2.45, 2.75) is 13.5 Å². The van der Waals surface area contributed by atoms with Crippen LogP contribution in [0.25, 0.3) is 22.2 Å². The molecule has 1 N–H and O–H groups in total. The molecule has 1 heterocycles. The summed E-state index contributed by atoms with van der Waals surface area (Å²) in [5.41, 5.74) is 3.22. The van der Waals surface area contributed by atoms with Crippen LogP contribution in [0, 0.1) is 0 Å². The number of aromatic nitrogens is 1. The van der Waals surface area contributed by atoms with Gasteiger partial charge in [-0.15, -0.1) is 0 Å². The number of aryl methyl sites for hydroxylation is 1. The molecule has 0 saturated carbocycles. The van der Waals surface area contributed by atoms with E-state index >= 15 is 0 Å². The molecule has 2 aromatic carbocycles. The van der Waals surface area contributed by atoms with Crippen LogP contribution in [0.15, 0.2) is 48.5 Å². The Morgan fingerprint density at radius 3 is 2.63 bits per heavy atom. The number of nitrogens with zero attached hydrogens (tertiary/aromatic N) is 1. The van der Waals surface area contributed by atoms with Crippen molar-refractivity contribution < 1.29 is 5.11 Å². The van der Waals surface area contributed by atoms with Gasteiger partial charge in [0.2, 0.25) is 0 Å². The van der Waals surface area contributed by atoms with Gasteiger partial charge in [-0.05, 0) is 37.3 Å². The molecule has 0 aliphatic rings. The number of halogens is 1. The van der Waals surface area contributed by atoms with E-state index in [9.17, 15) is 5.11 Å². The standard InChI is InChI=1S/C16H14ClNO/c1-2-18-15-6-4-3-5-11(15)9-16(18)13-8-7-12(19)10-14(13)17/h3-10,19H,2H2,1H3. The number of aromatic hydroxyl groups is 1. The second-order valence-electron chi connectivity index (χ2n) is 4.50. The van der Waals surface area contributed by atoms with Gasteiger partial charge in [-0.1, -0.05) is 29.8 Å². The summed E-state index contributed by atoms with van der Waals surface area (Å²) in [6.07, 6.45) is 0. The Kier molecular flexibility index (Phi) is 2.96. The number of hydrogen-bond acceptors (Lipinski definition) is 1. The highest BCUT2D eigenvalue weighted by Gasteiger charge is 2.12. The first kappa shape index (κ1) is 12.1. The van der Waals surface area contributed by atoms with E-state index in [2.05, 4.69) is 29.7 Å². The highest BCUT2D eigenvalue weighted by Crippen LogP contribution is 2.34. The lowest BCUT2D eigenvalue weighted by molar-refractivity contribution is 0.475. The van der Waals surface area contributed by atoms with Gasteiger partial charge in [-0.25, -0.2) is 0 Å². The second kappa shape index (κ2) is 4.63. The van der Waals surface area contributed by atoms with Crippen molar-refractivity contribution in [2.24, 2.45) is 0 Å². The summed E-state index contributed by atoms with van der Waals surface area (Å²) in [7, 11) is 0. The molecule has 0 saturated heterocycles. The minimum absolute atomic E-state index is 0.188. The average Bonchev–Trinajstić information content (AvgIpc) is 2.76. The molecule has 1 aromatic heterocycles. The number of para-hydroxylation sites is 1. The molecule has 0 aliphatic carbocycles. The summed E-state index contributed by atoms with van der Waals surface area (Å²) >= 11 is 6.25. The molecule has 3 aromatic rings. The number of rotatable bonds is 2. The lowest BCUT2D eigenvalue weighted by atomic mass is 10.1. The highest BCUT2D eigenvalue weighted by atomic mass is 35.5. The molecule has 0 amide bonds. The molecular weight excluding hydrogens is 258 g/mol. The first-order chi connectivity index (χ1) is 9.20. The van der Waals surface area contributed by atoms with Crippen molar-refractivity contribution in [2.75, 3.05) is 0 Å². The van der Waals surface area contributed by atoms with Crippen molar-refractivity contribution in [1.29, 1.82) is 0 Å². The first-order valence-electron chi connectivity index (χ1n) is 6.28. The number of phenolic OH excluding ortho intramolecular Hbond substituents is 1. The van der Waals surface area contributed by atoms with Crippen LogP contribution >= 0.6 is 11.6 Å². The van der Waals surface area contributed by atoms with Gasteiger partial charge in [0.05, 0.1) is 10.7 Å². The zero-order valence-corrected chi connectivity index (χ0v) is 11.4. The largest absolute Gasteiger partial charge is 0.508 e. The topological polar surface area (TPSA) is 25.2 Å². The molecule has 0 spiro atoms. The molecule has 0 aliphatic heterocycles. The Morgan fingerprint density at radius 1 is 1.11 bits per heavy atom. The maximum absolute atomic E-state index is 9.46. The summed E-state index contributed by atoms with van der Waals surface area (Å²) in [6, 6.07) is 15.5. The molecule has 0 radical (unpaired) electrons. The van der Waals surface area contributed by atoms with Crippen LogP contribution in [-0.2, 0) is 6.54 Å². The van der Waals surface area contributed by atoms with E-state index in [1.807, 2.05) is 18.2 Å². The van der Waals surface area contributed by atoms with Crippen LogP contribution < -0.4 is 0 Å². The fourth-order valence-corrected chi connectivity index (χ4v) is 2.76. The van der Waals surface area contributed by atoms with Gasteiger partial charge < -0.3 is 9.67 Å². The van der Waals surface area contributed by atoms with Crippen molar-refractivity contribution >= 4 is 22.5 Å². The molecule has 19 heavy (non-hydrogen) atoms. The van der Waals surface area contributed by atoms with Crippen LogP contribution in [0.3, 0.4) is 0 Å². The third kappa shape index (κ3) is 1.98. The van der Waals surface area contributed by atoms with Gasteiger partial charge in [0.25, 0.3) is 0 Å². The Morgan fingerprint density at radius 2 is 1.89 bits per heavy atom. The molecule has 0 bridgehead atoms. The number of hydrogen-bond donors (Lipinski definition) is 1. The Labute approximate surface area is 116 Å². The number of benzene rings is 2. The summed E-state index contributed by atoms with van der Waals surface area (Å²) in [5, 5.41) is 11.2. The van der Waals surface area contributed by atoms with E-state index in [-0.39, 0.29) is 5.75 Å². The monoisotopic (exact) mass is 271 g/mol. The molecule has 2 nitrogen and oxygen atoms in total. The van der Waals surface area contributed by atoms with Crippen molar-refractivity contribution in [3.05, 3.63) is 53.6 Å². The van der Waals surface area contributed by atoms with Crippen LogP contribution in [-0.4, -0.2) is 9.67 Å². The third-order valence-electron chi connectivity index (χ3n) is 3.36. The van der Waals surface area contributed by atoms with E-state index in [4.69, 9.17) is 11.6 Å². The van der Waals surface area contributed by atoms with Crippen molar-refractivity contribution in [3.8, 4) is 17.0 Å². The van der Waals surface area contributed by atoms with E-state index in [1.165, 1.54) is 10.9 Å². The molecule has 0 atom stereocenters. The van der Waals surface area contributed by atoms with E-state index in [0.29, 0.717) is 5.02 Å². The molecule has 0 fully saturated rings. The zero-order valence-electron chi connectivity index (χ0n) is 10.6. The van der Waals surface area contributed by atoms with Gasteiger partial charge in [0.1, 0.15) is 5.75 Å². The van der Waals surface area contributed by atoms with Crippen LogP contribution in [0.2, 0.25) is 5.02 Å². The Balaban J connectivity index is 2.30. The maximum atomic E-state index is 9.46. The normalized spacial score (nSPS) is 11.1. The minimum Gasteiger partial charge on any atom is -0.508 e. The van der Waals surface area contributed by atoms with Gasteiger partial charge >= 0.3 is 0 Å². The summed E-state index contributed by atoms with van der Waals surface area (Å²) in [5.74, 6) is 0.188. The van der Waals surface area contributed by atoms with E-state index in [0.717, 1.165) is 17.8 Å². The van der Waals surface area contributed by atoms with Gasteiger partial charge in [-0.2, -0.15) is 0 Å². The molecule has 3 rings (SSSR count). The number of fused-ring (bicyclic) bond motifs is 1. The lowest BCUT2D eigenvalue weighted by Gasteiger charge is -2.09. The summed E-state index contributed by atoms with van der Waals surface area (Å²) in [6.45, 7) is 2.99. The smallest absolute Gasteiger partial charge is 0.117 e. The van der Waals surface area contributed by atoms with E-state index < -0.39 is 0 Å². The predicted molar refractivity (Wildman–Crippen MR) is 79.7 cm³/mol. The Hall–Kier alpha value is -1.93. The predicted octanol–water partition coefficient (Wildman–Crippen LogP) is 4.69. The van der Waals surface area contributed by atoms with Gasteiger partial charge in [-0.3, -0.25) is 0 Å². The fourth-order valence-electron chi connectivity index (χ4n) is 2.49. The lowest BCUT2D eigenvalue weighted by Crippen LogP contribution is -1.96. The second-order valence-corrected chi connectivity index (χ2v) is 4.90. The van der Waals surface area contributed by atoms with Crippen molar-refractivity contribution in [1.82, 2.24) is 4.57 Å². The minimum atomic E-state index is 0.188. The summed E-state index contributed by atoms with van der Waals surface area (Å²) in [4.78, 5) is 0. The van der Waals surface area contributed by atoms with Crippen LogP contribution in [0.1, 0.15) is 6.92 Å². The molecule has 3 heteroatoms. The fraction of sp³-hybridized carbons (Fsp3) is 0.125. The number of phenols is 1. The summed E-state index contributed by atoms with van der Waals surface area (Å²) < 4.78 is 2.23. The quantitative estimate of drug-likeness (QED) is 0.719. The van der Waals surface area contributed by atoms with E-state index in [1.54, 1.807) is 12.1 Å². The molecular formula is C16H14ClNO. The molecule has 96 valence electrons. The highest BCUT2D eigenvalue weighted by molar-refractivity contribution is 6.33. The first-order valence-corrected chi connectivity index (χ1v) is 6.65. The van der Waals surface area contributed by atoms with Crippen LogP contribution in [0.5, 0.6) is 5.75 Å². The average molecular weight is 272 g/mol. The van der Waals surface area contributed by atoms with Crippen molar-refractivity contribution in [3.63, 3.8) is 0 Å². The van der Waals surface area contributed by atoms with Crippen LogP contribution in [0.4, 0.5) is 0 Å². The van der Waals surface area contributed by atoms with Gasteiger partial charge in [0.15, 0.2) is 0 Å². The SMILES string of the molecule is CCn1c(-c2ccc(O)cc2Cl)cc2ccccc21. The molecule has 0 unspecified atom stereocenters. The third-order valence-corrected chi connectivity index (χ3v) is 3.67.